The number of hydrogen-bond donors (Lipinski definition) is 2. The number of anilines is 1. The fourth-order valence-electron chi connectivity index (χ4n) is 2.75. The van der Waals surface area contributed by atoms with Gasteiger partial charge in [-0.3, -0.25) is 0 Å². The van der Waals surface area contributed by atoms with E-state index in [9.17, 15) is 12.8 Å². The van der Waals surface area contributed by atoms with Crippen LogP contribution in [0.2, 0.25) is 0 Å². The molecule has 0 aromatic carbocycles. The molecule has 2 rings (SSSR count). The van der Waals surface area contributed by atoms with Crippen LogP contribution in [0, 0.1) is 5.95 Å². The van der Waals surface area contributed by atoms with E-state index in [-0.39, 0.29) is 6.04 Å². The molecule has 9 heteroatoms. The van der Waals surface area contributed by atoms with Crippen molar-refractivity contribution in [3.05, 3.63) is 29.7 Å². The molecule has 1 atom stereocenters. The predicted molar refractivity (Wildman–Crippen MR) is 114 cm³/mol. The average molecular weight is 429 g/mol. The zero-order valence-corrected chi connectivity index (χ0v) is 18.2. The maximum atomic E-state index is 13.8. The van der Waals surface area contributed by atoms with Crippen molar-refractivity contribution in [3.63, 3.8) is 0 Å². The molecule has 0 spiro atoms. The highest BCUT2D eigenvalue weighted by Crippen LogP contribution is 2.27. The first kappa shape index (κ1) is 22.7. The molecule has 2 aromatic rings. The summed E-state index contributed by atoms with van der Waals surface area (Å²) in [7, 11) is -3.19. The van der Waals surface area contributed by atoms with E-state index < -0.39 is 21.2 Å². The molecule has 0 amide bonds. The van der Waals surface area contributed by atoms with Crippen molar-refractivity contribution in [1.82, 2.24) is 14.7 Å². The van der Waals surface area contributed by atoms with Crippen LogP contribution in [0.5, 0.6) is 0 Å². The third-order valence-electron chi connectivity index (χ3n) is 4.41. The Labute approximate surface area is 171 Å². The summed E-state index contributed by atoms with van der Waals surface area (Å²) in [6.07, 6.45) is 6.07. The molecule has 0 saturated heterocycles. The lowest BCUT2D eigenvalue weighted by Crippen LogP contribution is -2.31. The third-order valence-corrected chi connectivity index (χ3v) is 7.03. The van der Waals surface area contributed by atoms with Crippen LogP contribution in [0.15, 0.2) is 23.7 Å². The van der Waals surface area contributed by atoms with Crippen LogP contribution < -0.4 is 10.0 Å². The highest BCUT2D eigenvalue weighted by Gasteiger charge is 2.15. The Morgan fingerprint density at radius 2 is 2.04 bits per heavy atom. The van der Waals surface area contributed by atoms with E-state index in [2.05, 4.69) is 26.9 Å². The molecule has 0 radical (unpaired) electrons. The van der Waals surface area contributed by atoms with E-state index in [0.29, 0.717) is 17.8 Å². The number of unbranched alkanes of at least 4 members (excludes halogenated alkanes) is 1. The SMILES string of the molecule is CCC[C@@H](CCCCNS(=O)(=O)C(C)C)Nc1nc(-c2cccnc2F)cs1. The second-order valence-corrected chi connectivity index (χ2v) is 10.2. The largest absolute Gasteiger partial charge is 0.359 e. The van der Waals surface area contributed by atoms with Crippen molar-refractivity contribution in [2.75, 3.05) is 11.9 Å². The maximum absolute atomic E-state index is 13.8. The summed E-state index contributed by atoms with van der Waals surface area (Å²) in [5.74, 6) is -0.520. The molecule has 2 heterocycles. The molecule has 28 heavy (non-hydrogen) atoms. The van der Waals surface area contributed by atoms with Gasteiger partial charge < -0.3 is 5.32 Å². The second-order valence-electron chi connectivity index (χ2n) is 6.99. The monoisotopic (exact) mass is 428 g/mol. The van der Waals surface area contributed by atoms with Crippen LogP contribution in [-0.2, 0) is 10.0 Å². The number of nitrogens with one attached hydrogen (secondary N) is 2. The fraction of sp³-hybridized carbons (Fsp3) is 0.579. The van der Waals surface area contributed by atoms with Crippen LogP contribution in [-0.4, -0.2) is 36.2 Å². The lowest BCUT2D eigenvalue weighted by atomic mass is 10.1. The first-order chi connectivity index (χ1) is 13.3. The van der Waals surface area contributed by atoms with Gasteiger partial charge in [-0.25, -0.2) is 23.1 Å². The number of aromatic nitrogens is 2. The summed E-state index contributed by atoms with van der Waals surface area (Å²) < 4.78 is 40.0. The third kappa shape index (κ3) is 6.79. The van der Waals surface area contributed by atoms with Gasteiger partial charge >= 0.3 is 0 Å². The topological polar surface area (TPSA) is 84.0 Å². The van der Waals surface area contributed by atoms with Crippen molar-refractivity contribution in [3.8, 4) is 11.3 Å². The molecule has 2 N–H and O–H groups in total. The molecule has 0 fully saturated rings. The fourth-order valence-corrected chi connectivity index (χ4v) is 4.30. The van der Waals surface area contributed by atoms with Gasteiger partial charge in [-0.05, 0) is 45.2 Å². The second kappa shape index (κ2) is 10.8. The Kier molecular flexibility index (Phi) is 8.78. The van der Waals surface area contributed by atoms with Crippen molar-refractivity contribution >= 4 is 26.5 Å². The van der Waals surface area contributed by atoms with E-state index in [4.69, 9.17) is 0 Å². The summed E-state index contributed by atoms with van der Waals surface area (Å²) in [6.45, 7) is 5.93. The maximum Gasteiger partial charge on any atom is 0.222 e. The number of nitrogens with zero attached hydrogens (tertiary/aromatic N) is 2. The van der Waals surface area contributed by atoms with Gasteiger partial charge in [0.1, 0.15) is 0 Å². The highest BCUT2D eigenvalue weighted by atomic mass is 32.2. The summed E-state index contributed by atoms with van der Waals surface area (Å²) in [6, 6.07) is 3.62. The van der Waals surface area contributed by atoms with Crippen molar-refractivity contribution in [1.29, 1.82) is 0 Å². The Balaban J connectivity index is 1.85. The zero-order valence-electron chi connectivity index (χ0n) is 16.6. The van der Waals surface area contributed by atoms with Gasteiger partial charge in [0.25, 0.3) is 0 Å². The first-order valence-electron chi connectivity index (χ1n) is 9.65. The van der Waals surface area contributed by atoms with Crippen LogP contribution in [0.1, 0.15) is 52.9 Å². The normalized spacial score (nSPS) is 13.0. The predicted octanol–water partition coefficient (Wildman–Crippen LogP) is 4.42. The molecule has 2 aromatic heterocycles. The molecule has 0 aliphatic carbocycles. The van der Waals surface area contributed by atoms with Gasteiger partial charge in [0.05, 0.1) is 16.5 Å². The number of pyridine rings is 1. The lowest BCUT2D eigenvalue weighted by molar-refractivity contribution is 0.541. The van der Waals surface area contributed by atoms with E-state index in [1.165, 1.54) is 17.5 Å². The number of hydrogen-bond acceptors (Lipinski definition) is 6. The van der Waals surface area contributed by atoms with Crippen LogP contribution >= 0.6 is 11.3 Å². The molecule has 0 bridgehead atoms. The Morgan fingerprint density at radius 3 is 2.71 bits per heavy atom. The van der Waals surface area contributed by atoms with Gasteiger partial charge in [0, 0.05) is 24.2 Å². The number of thiazole rings is 1. The molecule has 0 aliphatic rings. The van der Waals surface area contributed by atoms with Gasteiger partial charge in [0.2, 0.25) is 16.0 Å². The molecule has 6 nitrogen and oxygen atoms in total. The molecule has 0 unspecified atom stereocenters. The van der Waals surface area contributed by atoms with Gasteiger partial charge in [0.15, 0.2) is 5.13 Å². The number of sulfonamides is 1. The van der Waals surface area contributed by atoms with Crippen molar-refractivity contribution in [2.24, 2.45) is 0 Å². The minimum atomic E-state index is -3.19. The quantitative estimate of drug-likeness (QED) is 0.386. The molecular formula is C19H29FN4O2S2. The minimum Gasteiger partial charge on any atom is -0.359 e. The summed E-state index contributed by atoms with van der Waals surface area (Å²) in [5, 5.41) is 5.62. The van der Waals surface area contributed by atoms with Crippen molar-refractivity contribution < 1.29 is 12.8 Å². The van der Waals surface area contributed by atoms with E-state index in [0.717, 1.165) is 37.2 Å². The molecular weight excluding hydrogens is 399 g/mol. The van der Waals surface area contributed by atoms with Gasteiger partial charge in [-0.15, -0.1) is 11.3 Å². The van der Waals surface area contributed by atoms with E-state index in [1.54, 1.807) is 26.0 Å². The zero-order chi connectivity index (χ0) is 20.6. The molecule has 0 saturated carbocycles. The van der Waals surface area contributed by atoms with Gasteiger partial charge in [-0.1, -0.05) is 19.8 Å². The highest BCUT2D eigenvalue weighted by molar-refractivity contribution is 7.90. The first-order valence-corrected chi connectivity index (χ1v) is 12.1. The Hall–Kier alpha value is -1.58. The molecule has 156 valence electrons. The Bertz CT molecular complexity index is 840. The Morgan fingerprint density at radius 1 is 1.25 bits per heavy atom. The van der Waals surface area contributed by atoms with E-state index in [1.807, 2.05) is 5.38 Å². The van der Waals surface area contributed by atoms with Crippen LogP contribution in [0.25, 0.3) is 11.3 Å². The van der Waals surface area contributed by atoms with E-state index >= 15 is 0 Å². The molecule has 0 aliphatic heterocycles. The lowest BCUT2D eigenvalue weighted by Gasteiger charge is -2.17. The summed E-state index contributed by atoms with van der Waals surface area (Å²) >= 11 is 1.45. The van der Waals surface area contributed by atoms with Crippen LogP contribution in [0.3, 0.4) is 0 Å². The minimum absolute atomic E-state index is 0.254. The van der Waals surface area contributed by atoms with Crippen LogP contribution in [0.4, 0.5) is 9.52 Å². The number of halogens is 1. The van der Waals surface area contributed by atoms with Gasteiger partial charge in [-0.2, -0.15) is 4.39 Å². The van der Waals surface area contributed by atoms with Crippen molar-refractivity contribution in [2.45, 2.75) is 64.2 Å². The summed E-state index contributed by atoms with van der Waals surface area (Å²) in [5.41, 5.74) is 0.979. The average Bonchev–Trinajstić information content (AvgIpc) is 3.10. The number of rotatable bonds is 12. The standard InChI is InChI=1S/C19H29FN4O2S2/c1-4-8-15(9-5-6-12-22-28(25,26)14(2)3)23-19-24-17(13-27-19)16-10-7-11-21-18(16)20/h7,10-11,13-15,22H,4-6,8-9,12H2,1-3H3,(H,23,24)/t15-/m0/s1. The summed E-state index contributed by atoms with van der Waals surface area (Å²) in [4.78, 5) is 8.17. The smallest absolute Gasteiger partial charge is 0.222 e.